The molecule has 0 aliphatic rings. The van der Waals surface area contributed by atoms with Crippen LogP contribution in [0.5, 0.6) is 0 Å². The summed E-state index contributed by atoms with van der Waals surface area (Å²) in [5, 5.41) is 0. The van der Waals surface area contributed by atoms with Crippen LogP contribution < -0.4 is 4.90 Å². The van der Waals surface area contributed by atoms with E-state index in [1.54, 1.807) is 11.0 Å². The van der Waals surface area contributed by atoms with Gasteiger partial charge in [0.1, 0.15) is 6.61 Å². The standard InChI is InChI=1S/C15H19NO3/c1-5-14-6-7-15(10-11(14)2)16(12(3)17)8-9-19-13(4)18/h5-7,10H,1,8-9H2,2-4H3. The number of nitrogens with zero attached hydrogens (tertiary/aromatic N) is 1. The van der Waals surface area contributed by atoms with Gasteiger partial charge in [-0.1, -0.05) is 18.7 Å². The van der Waals surface area contributed by atoms with Crippen LogP contribution in [0.1, 0.15) is 25.0 Å². The molecule has 1 aromatic rings. The van der Waals surface area contributed by atoms with Gasteiger partial charge in [-0.2, -0.15) is 0 Å². The van der Waals surface area contributed by atoms with Crippen molar-refractivity contribution in [2.45, 2.75) is 20.8 Å². The maximum atomic E-state index is 11.7. The zero-order chi connectivity index (χ0) is 14.4. The zero-order valence-electron chi connectivity index (χ0n) is 11.6. The number of esters is 1. The summed E-state index contributed by atoms with van der Waals surface area (Å²) in [6, 6.07) is 5.70. The van der Waals surface area contributed by atoms with E-state index in [1.165, 1.54) is 13.8 Å². The van der Waals surface area contributed by atoms with E-state index in [1.807, 2.05) is 25.1 Å². The van der Waals surface area contributed by atoms with E-state index < -0.39 is 0 Å². The number of rotatable bonds is 5. The maximum Gasteiger partial charge on any atom is 0.302 e. The fourth-order valence-corrected chi connectivity index (χ4v) is 1.81. The summed E-state index contributed by atoms with van der Waals surface area (Å²) in [6.45, 7) is 9.08. The van der Waals surface area contributed by atoms with Gasteiger partial charge in [-0.3, -0.25) is 9.59 Å². The number of ether oxygens (including phenoxy) is 1. The van der Waals surface area contributed by atoms with Crippen LogP contribution in [-0.2, 0) is 14.3 Å². The average Bonchev–Trinajstić information content (AvgIpc) is 2.33. The van der Waals surface area contributed by atoms with E-state index in [0.717, 1.165) is 16.8 Å². The second kappa shape index (κ2) is 6.73. The lowest BCUT2D eigenvalue weighted by molar-refractivity contribution is -0.140. The Hall–Kier alpha value is -2.10. The van der Waals surface area contributed by atoms with Crippen molar-refractivity contribution in [1.82, 2.24) is 0 Å². The summed E-state index contributed by atoms with van der Waals surface area (Å²) in [5.74, 6) is -0.431. The van der Waals surface area contributed by atoms with Crippen molar-refractivity contribution in [3.63, 3.8) is 0 Å². The van der Waals surface area contributed by atoms with Gasteiger partial charge in [-0.25, -0.2) is 0 Å². The molecular formula is C15H19NO3. The Balaban J connectivity index is 2.87. The lowest BCUT2D eigenvalue weighted by Gasteiger charge is -2.21. The highest BCUT2D eigenvalue weighted by Crippen LogP contribution is 2.20. The Kier molecular flexibility index (Phi) is 5.30. The van der Waals surface area contributed by atoms with E-state index in [9.17, 15) is 9.59 Å². The van der Waals surface area contributed by atoms with Crippen LogP contribution in [0, 0.1) is 6.92 Å². The molecule has 0 saturated heterocycles. The molecule has 4 nitrogen and oxygen atoms in total. The Labute approximate surface area is 113 Å². The predicted octanol–water partition coefficient (Wildman–Crippen LogP) is 2.55. The van der Waals surface area contributed by atoms with E-state index in [-0.39, 0.29) is 18.5 Å². The molecule has 4 heteroatoms. The molecule has 0 fully saturated rings. The van der Waals surface area contributed by atoms with Crippen LogP contribution in [0.2, 0.25) is 0 Å². The van der Waals surface area contributed by atoms with Gasteiger partial charge in [0.05, 0.1) is 6.54 Å². The minimum atomic E-state index is -0.346. The van der Waals surface area contributed by atoms with E-state index in [4.69, 9.17) is 4.74 Å². The highest BCUT2D eigenvalue weighted by Gasteiger charge is 2.12. The first-order chi connectivity index (χ1) is 8.95. The molecule has 0 radical (unpaired) electrons. The van der Waals surface area contributed by atoms with Gasteiger partial charge in [-0.05, 0) is 30.2 Å². The molecule has 1 aromatic carbocycles. The molecule has 0 spiro atoms. The highest BCUT2D eigenvalue weighted by atomic mass is 16.5. The quantitative estimate of drug-likeness (QED) is 0.765. The summed E-state index contributed by atoms with van der Waals surface area (Å²) in [4.78, 5) is 24.0. The van der Waals surface area contributed by atoms with Gasteiger partial charge in [0.2, 0.25) is 5.91 Å². The number of amides is 1. The van der Waals surface area contributed by atoms with E-state index >= 15 is 0 Å². The van der Waals surface area contributed by atoms with Crippen molar-refractivity contribution in [3.8, 4) is 0 Å². The third-order valence-corrected chi connectivity index (χ3v) is 2.79. The van der Waals surface area contributed by atoms with Gasteiger partial charge in [0.15, 0.2) is 0 Å². The summed E-state index contributed by atoms with van der Waals surface area (Å²) < 4.78 is 4.87. The lowest BCUT2D eigenvalue weighted by atomic mass is 10.1. The van der Waals surface area contributed by atoms with Crippen LogP contribution in [0.15, 0.2) is 24.8 Å². The monoisotopic (exact) mass is 261 g/mol. The number of hydrogen-bond donors (Lipinski definition) is 0. The second-order valence-corrected chi connectivity index (χ2v) is 4.26. The molecule has 0 heterocycles. The van der Waals surface area contributed by atoms with Crippen molar-refractivity contribution >= 4 is 23.6 Å². The van der Waals surface area contributed by atoms with Crippen molar-refractivity contribution in [2.75, 3.05) is 18.1 Å². The van der Waals surface area contributed by atoms with Crippen molar-refractivity contribution in [2.24, 2.45) is 0 Å². The fraction of sp³-hybridized carbons (Fsp3) is 0.333. The fourth-order valence-electron chi connectivity index (χ4n) is 1.81. The summed E-state index contributed by atoms with van der Waals surface area (Å²) in [6.07, 6.45) is 1.77. The average molecular weight is 261 g/mol. The number of hydrogen-bond acceptors (Lipinski definition) is 3. The Bertz CT molecular complexity index is 494. The molecule has 0 unspecified atom stereocenters. The smallest absolute Gasteiger partial charge is 0.302 e. The van der Waals surface area contributed by atoms with Crippen LogP contribution in [0.25, 0.3) is 6.08 Å². The Morgan fingerprint density at radius 1 is 1.37 bits per heavy atom. The number of anilines is 1. The van der Waals surface area contributed by atoms with Gasteiger partial charge in [0.25, 0.3) is 0 Å². The number of benzene rings is 1. The zero-order valence-corrected chi connectivity index (χ0v) is 11.6. The topological polar surface area (TPSA) is 46.6 Å². The molecule has 1 amide bonds. The van der Waals surface area contributed by atoms with E-state index in [0.29, 0.717) is 6.54 Å². The SMILES string of the molecule is C=Cc1ccc(N(CCOC(C)=O)C(C)=O)cc1C. The molecule has 0 N–H and O–H groups in total. The second-order valence-electron chi connectivity index (χ2n) is 4.26. The predicted molar refractivity (Wildman–Crippen MR) is 75.9 cm³/mol. The first kappa shape index (κ1) is 15.0. The Morgan fingerprint density at radius 2 is 2.05 bits per heavy atom. The van der Waals surface area contributed by atoms with Crippen LogP contribution >= 0.6 is 0 Å². The van der Waals surface area contributed by atoms with Crippen molar-refractivity contribution < 1.29 is 14.3 Å². The summed E-state index contributed by atoms with van der Waals surface area (Å²) in [7, 11) is 0. The lowest BCUT2D eigenvalue weighted by Crippen LogP contribution is -2.32. The third-order valence-electron chi connectivity index (χ3n) is 2.79. The number of aryl methyl sites for hydroxylation is 1. The van der Waals surface area contributed by atoms with Crippen LogP contribution in [0.4, 0.5) is 5.69 Å². The summed E-state index contributed by atoms with van der Waals surface area (Å²) in [5.41, 5.74) is 2.88. The van der Waals surface area contributed by atoms with Gasteiger partial charge in [-0.15, -0.1) is 0 Å². The molecule has 102 valence electrons. The van der Waals surface area contributed by atoms with Crippen molar-refractivity contribution in [3.05, 3.63) is 35.9 Å². The molecule has 0 aliphatic carbocycles. The van der Waals surface area contributed by atoms with Gasteiger partial charge in [0, 0.05) is 19.5 Å². The summed E-state index contributed by atoms with van der Waals surface area (Å²) >= 11 is 0. The molecule has 1 rings (SSSR count). The molecule has 0 atom stereocenters. The molecule has 0 aliphatic heterocycles. The number of carbonyl (C=O) groups excluding carboxylic acids is 2. The molecule has 0 aromatic heterocycles. The maximum absolute atomic E-state index is 11.7. The molecule has 19 heavy (non-hydrogen) atoms. The largest absolute Gasteiger partial charge is 0.464 e. The van der Waals surface area contributed by atoms with Crippen LogP contribution in [-0.4, -0.2) is 25.0 Å². The first-order valence-corrected chi connectivity index (χ1v) is 6.10. The molecule has 0 saturated carbocycles. The van der Waals surface area contributed by atoms with E-state index in [2.05, 4.69) is 6.58 Å². The molecule has 0 bridgehead atoms. The number of carbonyl (C=O) groups is 2. The molecular weight excluding hydrogens is 242 g/mol. The first-order valence-electron chi connectivity index (χ1n) is 6.10. The van der Waals surface area contributed by atoms with Gasteiger partial charge >= 0.3 is 5.97 Å². The van der Waals surface area contributed by atoms with Gasteiger partial charge < -0.3 is 9.64 Å². The minimum absolute atomic E-state index is 0.0853. The minimum Gasteiger partial charge on any atom is -0.464 e. The third kappa shape index (κ3) is 4.25. The van der Waals surface area contributed by atoms with Crippen LogP contribution in [0.3, 0.4) is 0 Å². The van der Waals surface area contributed by atoms with Crippen molar-refractivity contribution in [1.29, 1.82) is 0 Å². The normalized spacial score (nSPS) is 9.84. The Morgan fingerprint density at radius 3 is 2.53 bits per heavy atom. The highest BCUT2D eigenvalue weighted by molar-refractivity contribution is 5.91.